The van der Waals surface area contributed by atoms with Crippen molar-refractivity contribution in [2.24, 2.45) is 5.92 Å². The second kappa shape index (κ2) is 11.3. The van der Waals surface area contributed by atoms with Gasteiger partial charge in [0.25, 0.3) is 5.91 Å². The Balaban J connectivity index is 1.24. The fourth-order valence-electron chi connectivity index (χ4n) is 5.14. The Morgan fingerprint density at radius 3 is 2.00 bits per heavy atom. The van der Waals surface area contributed by atoms with E-state index in [9.17, 15) is 35.9 Å². The topological polar surface area (TPSA) is 70.2 Å². The van der Waals surface area contributed by atoms with Crippen molar-refractivity contribution in [2.75, 3.05) is 6.54 Å². The summed E-state index contributed by atoms with van der Waals surface area (Å²) in [5.74, 6) is -1.03. The van der Waals surface area contributed by atoms with Crippen LogP contribution in [0.5, 0.6) is 0 Å². The molecule has 2 fully saturated rings. The molecule has 11 heteroatoms. The summed E-state index contributed by atoms with van der Waals surface area (Å²) in [6, 6.07) is 10.6. The molecular weight excluding hydrogens is 512 g/mol. The van der Waals surface area contributed by atoms with Crippen LogP contribution in [0.3, 0.4) is 0 Å². The van der Waals surface area contributed by atoms with Crippen molar-refractivity contribution in [1.29, 1.82) is 0 Å². The molecule has 206 valence electrons. The van der Waals surface area contributed by atoms with Gasteiger partial charge in [-0.05, 0) is 68.2 Å². The first-order valence-electron chi connectivity index (χ1n) is 12.6. The van der Waals surface area contributed by atoms with E-state index < -0.39 is 35.0 Å². The zero-order valence-corrected chi connectivity index (χ0v) is 20.5. The molecule has 1 saturated carbocycles. The molecule has 3 N–H and O–H groups in total. The molecule has 2 atom stereocenters. The van der Waals surface area contributed by atoms with Gasteiger partial charge in [-0.1, -0.05) is 30.3 Å². The van der Waals surface area contributed by atoms with Crippen molar-refractivity contribution in [3.8, 4) is 0 Å². The van der Waals surface area contributed by atoms with Crippen LogP contribution in [0.2, 0.25) is 0 Å². The lowest BCUT2D eigenvalue weighted by Gasteiger charge is -2.30. The monoisotopic (exact) mass is 541 g/mol. The maximum atomic E-state index is 13.1. The molecule has 1 heterocycles. The average Bonchev–Trinajstić information content (AvgIpc) is 3.38. The number of halogens is 6. The van der Waals surface area contributed by atoms with Crippen LogP contribution >= 0.6 is 0 Å². The van der Waals surface area contributed by atoms with Crippen LogP contribution in [0, 0.1) is 5.92 Å². The maximum Gasteiger partial charge on any atom is 0.416 e. The van der Waals surface area contributed by atoms with Crippen molar-refractivity contribution in [1.82, 2.24) is 16.0 Å². The smallest absolute Gasteiger partial charge is 0.352 e. The number of alkyl halides is 6. The van der Waals surface area contributed by atoms with Crippen LogP contribution in [-0.2, 0) is 17.1 Å². The molecular formula is C27H29F6N3O2. The summed E-state index contributed by atoms with van der Waals surface area (Å²) in [7, 11) is 0. The quantitative estimate of drug-likeness (QED) is 0.416. The Hall–Kier alpha value is -3.08. The normalized spacial score (nSPS) is 24.2. The highest BCUT2D eigenvalue weighted by Gasteiger charge is 2.38. The zero-order chi connectivity index (χ0) is 27.5. The molecule has 2 aromatic rings. The number of hydrogen-bond acceptors (Lipinski definition) is 3. The lowest BCUT2D eigenvalue weighted by atomic mass is 9.85. The summed E-state index contributed by atoms with van der Waals surface area (Å²) < 4.78 is 78.4. The molecule has 0 spiro atoms. The lowest BCUT2D eigenvalue weighted by molar-refractivity contribution is -0.143. The van der Waals surface area contributed by atoms with Gasteiger partial charge in [0.1, 0.15) is 0 Å². The standard InChI is InChI=1S/C27H29F6N3O2/c28-26(29,30)19-12-18(13-20(14-19)27(31,32)33)24(37)34-15-16-6-8-21(9-7-16)35-25(38)23-11-10-22(36-23)17-4-2-1-3-5-17/h1-5,12-14,16,21-23,36H,6-11,15H2,(H,34,37)(H,35,38)/t16-,21+,22-,23+/m1/s1. The van der Waals surface area contributed by atoms with Crippen molar-refractivity contribution < 1.29 is 35.9 Å². The Morgan fingerprint density at radius 2 is 1.42 bits per heavy atom. The second-order valence-electron chi connectivity index (χ2n) is 9.99. The van der Waals surface area contributed by atoms with Gasteiger partial charge >= 0.3 is 12.4 Å². The van der Waals surface area contributed by atoms with E-state index in [0.29, 0.717) is 37.8 Å². The highest BCUT2D eigenvalue weighted by Crippen LogP contribution is 2.36. The zero-order valence-electron chi connectivity index (χ0n) is 20.5. The van der Waals surface area contributed by atoms with Crippen molar-refractivity contribution >= 4 is 11.8 Å². The number of amides is 2. The Bertz CT molecular complexity index is 1100. The first-order valence-corrected chi connectivity index (χ1v) is 12.6. The minimum Gasteiger partial charge on any atom is -0.352 e. The van der Waals surface area contributed by atoms with Gasteiger partial charge in [-0.25, -0.2) is 0 Å². The molecule has 2 amide bonds. The summed E-state index contributed by atoms with van der Waals surface area (Å²) in [6.45, 7) is 0.125. The van der Waals surface area contributed by atoms with Crippen LogP contribution in [0.1, 0.15) is 71.6 Å². The van der Waals surface area contributed by atoms with Crippen molar-refractivity contribution in [3.63, 3.8) is 0 Å². The molecule has 5 nitrogen and oxygen atoms in total. The molecule has 4 rings (SSSR count). The van der Waals surface area contributed by atoms with Gasteiger partial charge < -0.3 is 10.6 Å². The fourth-order valence-corrected chi connectivity index (χ4v) is 5.14. The first kappa shape index (κ1) is 27.9. The van der Waals surface area contributed by atoms with Gasteiger partial charge in [0.2, 0.25) is 5.91 Å². The predicted octanol–water partition coefficient (Wildman–Crippen LogP) is 5.62. The molecule has 0 bridgehead atoms. The van der Waals surface area contributed by atoms with E-state index in [1.807, 2.05) is 30.3 Å². The number of rotatable bonds is 6. The molecule has 1 aliphatic heterocycles. The van der Waals surface area contributed by atoms with Gasteiger partial charge in [0.15, 0.2) is 0 Å². The lowest BCUT2D eigenvalue weighted by Crippen LogP contribution is -2.47. The Kier molecular flexibility index (Phi) is 8.34. The number of carbonyl (C=O) groups is 2. The minimum atomic E-state index is -5.02. The van der Waals surface area contributed by atoms with E-state index in [1.165, 1.54) is 0 Å². The van der Waals surface area contributed by atoms with Crippen molar-refractivity contribution in [2.45, 2.75) is 69.0 Å². The van der Waals surface area contributed by atoms with Gasteiger partial charge in [0, 0.05) is 24.2 Å². The summed E-state index contributed by atoms with van der Waals surface area (Å²) >= 11 is 0. The largest absolute Gasteiger partial charge is 0.416 e. The van der Waals surface area contributed by atoms with Gasteiger partial charge in [-0.15, -0.1) is 0 Å². The molecule has 2 aliphatic rings. The van der Waals surface area contributed by atoms with Crippen LogP contribution in [0.15, 0.2) is 48.5 Å². The summed E-state index contributed by atoms with van der Waals surface area (Å²) in [5, 5.41) is 8.94. The minimum absolute atomic E-state index is 0.00470. The average molecular weight is 542 g/mol. The molecule has 0 radical (unpaired) electrons. The van der Waals surface area contributed by atoms with Crippen LogP contribution in [0.4, 0.5) is 26.3 Å². The molecule has 0 aromatic heterocycles. The fraction of sp³-hybridized carbons (Fsp3) is 0.481. The number of nitrogens with one attached hydrogen (secondary N) is 3. The number of benzene rings is 2. The van der Waals surface area contributed by atoms with Gasteiger partial charge in [-0.3, -0.25) is 14.9 Å². The molecule has 1 saturated heterocycles. The van der Waals surface area contributed by atoms with E-state index in [2.05, 4.69) is 16.0 Å². The summed E-state index contributed by atoms with van der Waals surface area (Å²) in [4.78, 5) is 25.2. The van der Waals surface area contributed by atoms with Crippen LogP contribution in [-0.4, -0.2) is 30.4 Å². The maximum absolute atomic E-state index is 13.1. The third-order valence-electron chi connectivity index (χ3n) is 7.26. The third-order valence-corrected chi connectivity index (χ3v) is 7.26. The first-order chi connectivity index (χ1) is 17.9. The van der Waals surface area contributed by atoms with Gasteiger partial charge in [0.05, 0.1) is 17.2 Å². The Labute approximate surface area is 216 Å². The number of carbonyl (C=O) groups excluding carboxylic acids is 2. The molecule has 2 aromatic carbocycles. The van der Waals surface area contributed by atoms with Crippen molar-refractivity contribution in [3.05, 3.63) is 70.8 Å². The SMILES string of the molecule is O=C(NC[C@H]1CC[C@@H](NC(=O)[C@@H]2CC[C@H](c3ccccc3)N2)CC1)c1cc(C(F)(F)F)cc(C(F)(F)F)c1. The van der Waals surface area contributed by atoms with E-state index >= 15 is 0 Å². The highest BCUT2D eigenvalue weighted by molar-refractivity contribution is 5.94. The molecule has 38 heavy (non-hydrogen) atoms. The molecule has 0 unspecified atom stereocenters. The van der Waals surface area contributed by atoms with E-state index in [4.69, 9.17) is 0 Å². The van der Waals surface area contributed by atoms with E-state index in [-0.39, 0.29) is 42.6 Å². The highest BCUT2D eigenvalue weighted by atomic mass is 19.4. The van der Waals surface area contributed by atoms with Gasteiger partial charge in [-0.2, -0.15) is 26.3 Å². The predicted molar refractivity (Wildman–Crippen MR) is 128 cm³/mol. The van der Waals surface area contributed by atoms with E-state index in [0.717, 1.165) is 18.4 Å². The van der Waals surface area contributed by atoms with E-state index in [1.54, 1.807) is 0 Å². The Morgan fingerprint density at radius 1 is 0.816 bits per heavy atom. The van der Waals surface area contributed by atoms with Crippen LogP contribution < -0.4 is 16.0 Å². The molecule has 1 aliphatic carbocycles. The number of hydrogen-bond donors (Lipinski definition) is 3. The second-order valence-corrected chi connectivity index (χ2v) is 9.99. The summed E-state index contributed by atoms with van der Waals surface area (Å²) in [5.41, 5.74) is -2.60. The summed E-state index contributed by atoms with van der Waals surface area (Å²) in [6.07, 6.45) is -5.78. The third kappa shape index (κ3) is 7.06. The van der Waals surface area contributed by atoms with Crippen LogP contribution in [0.25, 0.3) is 0 Å².